The van der Waals surface area contributed by atoms with Crippen molar-refractivity contribution >= 4 is 34.0 Å². The van der Waals surface area contributed by atoms with Crippen molar-refractivity contribution in [1.82, 2.24) is 5.32 Å². The van der Waals surface area contributed by atoms with Gasteiger partial charge >= 0.3 is 0 Å². The Hall–Kier alpha value is -4.36. The summed E-state index contributed by atoms with van der Waals surface area (Å²) in [4.78, 5) is 49.2. The fraction of sp³-hybridized carbons (Fsp3) is 0.535. The molecule has 16 nitrogen and oxygen atoms in total. The molecule has 1 saturated carbocycles. The number of nitrogens with zero attached hydrogens (tertiary/aromatic N) is 2. The first-order chi connectivity index (χ1) is 28.3. The monoisotopic (exact) mass is 815 g/mol. The number of carbonyl (C=O) groups is 1. The molecule has 1 aromatic carbocycles. The van der Waals surface area contributed by atoms with Crippen LogP contribution in [0.15, 0.2) is 79.9 Å². The third-order valence-corrected chi connectivity index (χ3v) is 13.9. The Morgan fingerprint density at radius 2 is 1.93 bits per heavy atom. The van der Waals surface area contributed by atoms with E-state index < -0.39 is 54.2 Å². The third-order valence-electron chi connectivity index (χ3n) is 13.9. The van der Waals surface area contributed by atoms with Gasteiger partial charge in [-0.05, 0) is 63.7 Å². The van der Waals surface area contributed by atoms with E-state index in [0.717, 1.165) is 47.6 Å². The molecule has 59 heavy (non-hydrogen) atoms. The van der Waals surface area contributed by atoms with Crippen LogP contribution in [0.4, 0.5) is 5.69 Å². The molecule has 0 radical (unpaired) electrons. The van der Waals surface area contributed by atoms with Crippen LogP contribution in [0.25, 0.3) is 11.0 Å². The van der Waals surface area contributed by atoms with Gasteiger partial charge in [-0.3, -0.25) is 29.4 Å². The number of ether oxygens (including phenoxy) is 1. The molecule has 2 aromatic rings. The number of fused-ring (bicyclic) bond motifs is 4. The van der Waals surface area contributed by atoms with E-state index in [-0.39, 0.29) is 36.3 Å². The highest BCUT2D eigenvalue weighted by Crippen LogP contribution is 2.51. The number of allylic oxidation sites excluding steroid dienone is 1. The molecule has 7 heterocycles. The first-order valence-corrected chi connectivity index (χ1v) is 20.7. The minimum Gasteiger partial charge on any atom is -0.478 e. The molecule has 16 heteroatoms. The molecule has 10 atom stereocenters. The van der Waals surface area contributed by atoms with Crippen molar-refractivity contribution in [3.63, 3.8) is 0 Å². The van der Waals surface area contributed by atoms with E-state index in [2.05, 4.69) is 15.3 Å². The Kier molecular flexibility index (Phi) is 10.4. The van der Waals surface area contributed by atoms with Crippen LogP contribution in [0.5, 0.6) is 5.75 Å². The van der Waals surface area contributed by atoms with Gasteiger partial charge in [-0.1, -0.05) is 12.8 Å². The molecule has 0 bridgehead atoms. The number of hydrogen-bond acceptors (Lipinski definition) is 13. The van der Waals surface area contributed by atoms with Gasteiger partial charge in [0.15, 0.2) is 22.8 Å². The fourth-order valence-corrected chi connectivity index (χ4v) is 10.4. The number of benzene rings is 1. The molecule has 1 saturated heterocycles. The molecule has 9 rings (SSSR count). The number of nitrogens with one attached hydrogen (secondary N) is 3. The zero-order valence-corrected chi connectivity index (χ0v) is 33.2. The van der Waals surface area contributed by atoms with Crippen molar-refractivity contribution in [2.75, 3.05) is 32.8 Å². The summed E-state index contributed by atoms with van der Waals surface area (Å²) in [5, 5.41) is 58.3. The topological polar surface area (TPSA) is 222 Å². The van der Waals surface area contributed by atoms with E-state index in [4.69, 9.17) is 18.9 Å². The molecule has 7 aliphatic rings. The van der Waals surface area contributed by atoms with Gasteiger partial charge in [-0.2, -0.15) is 0 Å². The highest BCUT2D eigenvalue weighted by atomic mass is 17.2. The summed E-state index contributed by atoms with van der Waals surface area (Å²) in [5.74, 6) is 1.21. The van der Waals surface area contributed by atoms with Crippen molar-refractivity contribution < 1.29 is 59.1 Å². The van der Waals surface area contributed by atoms with E-state index in [1.54, 1.807) is 37.7 Å². The molecule has 1 spiro atoms. The Balaban J connectivity index is 1.03. The number of rotatable bonds is 14. The van der Waals surface area contributed by atoms with Crippen LogP contribution in [-0.2, 0) is 21.0 Å². The van der Waals surface area contributed by atoms with Gasteiger partial charge in [0.05, 0.1) is 29.2 Å². The SMILES string of the molecule is Cc1cc(=O)c2cc3c(c([NH+]4C=C5C=CN=C5C4)c2o1)OC(C)(CCC1CNC(=O)C12CCCC2)C(OOCC(O)C(O)(C[NH+]1C=CC2=NC=CC21)C(O)C(O)CO)C3. The second kappa shape index (κ2) is 15.3. The maximum atomic E-state index is 13.5. The van der Waals surface area contributed by atoms with Crippen molar-refractivity contribution in [3.05, 3.63) is 82.3 Å². The molecular weight excluding hydrogens is 762 g/mol. The van der Waals surface area contributed by atoms with E-state index in [9.17, 15) is 35.1 Å². The van der Waals surface area contributed by atoms with Gasteiger partial charge in [0.2, 0.25) is 17.2 Å². The summed E-state index contributed by atoms with van der Waals surface area (Å²) in [6, 6.07) is 2.97. The quantitative estimate of drug-likeness (QED) is 0.0866. The van der Waals surface area contributed by atoms with Gasteiger partial charge in [0, 0.05) is 43.1 Å². The highest BCUT2D eigenvalue weighted by Gasteiger charge is 2.54. The first kappa shape index (κ1) is 40.1. The van der Waals surface area contributed by atoms with E-state index >= 15 is 0 Å². The standard InChI is InChI=1S/C43H51N5O11/c1-24-15-32(50)28-16-26-17-35(59-56-22-34(52)43(55,39(53)33(51)21-49)23-47-14-8-29-31(47)7-13-44-29)41(2,11-5-27-18-46-40(54)42(27)9-3-4-10-42)58-37(26)36(38(28)57-24)48-19-25-6-12-45-30(25)20-48/h6-8,12-16,19,27,31,33-35,39,49,51-53,55H,3-5,9-11,17-18,20-23H2,1-2H3,(H,46,54)/p+2. The van der Waals surface area contributed by atoms with Gasteiger partial charge < -0.3 is 40.0 Å². The van der Waals surface area contributed by atoms with E-state index in [1.165, 1.54) is 6.07 Å². The number of hydrogen-bond donors (Lipinski definition) is 8. The smallest absolute Gasteiger partial charge is 0.226 e. The third kappa shape index (κ3) is 6.84. The Labute approximate surface area is 340 Å². The Bertz CT molecular complexity index is 2280. The number of aliphatic imine (C=N–C) groups is 2. The molecule has 1 amide bonds. The maximum Gasteiger partial charge on any atom is 0.226 e. The average molecular weight is 816 g/mol. The summed E-state index contributed by atoms with van der Waals surface area (Å²) in [5.41, 5.74) is 0.376. The van der Waals surface area contributed by atoms with Crippen molar-refractivity contribution in [3.8, 4) is 5.75 Å². The summed E-state index contributed by atoms with van der Waals surface area (Å²) < 4.78 is 13.5. The number of aliphatic hydroxyl groups is 5. The largest absolute Gasteiger partial charge is 0.478 e. The molecule has 8 N–H and O–H groups in total. The lowest BCUT2D eigenvalue weighted by Gasteiger charge is -2.43. The number of carbonyl (C=O) groups excluding carboxylic acids is 1. The highest BCUT2D eigenvalue weighted by molar-refractivity contribution is 6.07. The zero-order valence-electron chi connectivity index (χ0n) is 33.2. The maximum absolute atomic E-state index is 13.5. The minimum atomic E-state index is -2.36. The van der Waals surface area contributed by atoms with Crippen LogP contribution in [0.3, 0.4) is 0 Å². The Morgan fingerprint density at radius 1 is 1.12 bits per heavy atom. The van der Waals surface area contributed by atoms with Crippen molar-refractivity contribution in [1.29, 1.82) is 0 Å². The van der Waals surface area contributed by atoms with Crippen LogP contribution >= 0.6 is 0 Å². The first-order valence-electron chi connectivity index (χ1n) is 20.7. The number of aryl methyl sites for hydroxylation is 1. The lowest BCUT2D eigenvalue weighted by molar-refractivity contribution is -0.861. The van der Waals surface area contributed by atoms with Gasteiger partial charge in [-0.15, -0.1) is 0 Å². The summed E-state index contributed by atoms with van der Waals surface area (Å²) in [6.45, 7) is 3.02. The van der Waals surface area contributed by atoms with Crippen LogP contribution < -0.4 is 25.3 Å². The Morgan fingerprint density at radius 3 is 2.71 bits per heavy atom. The predicted octanol–water partition coefficient (Wildman–Crippen LogP) is -0.864. The number of amides is 1. The van der Waals surface area contributed by atoms with Gasteiger partial charge in [0.25, 0.3) is 0 Å². The molecule has 1 aliphatic carbocycles. The van der Waals surface area contributed by atoms with Crippen LogP contribution in [0.2, 0.25) is 0 Å². The lowest BCUT2D eigenvalue weighted by Crippen LogP contribution is -3.13. The number of aliphatic hydroxyl groups excluding tert-OH is 4. The normalized spacial score (nSPS) is 31.1. The van der Waals surface area contributed by atoms with Crippen molar-refractivity contribution in [2.24, 2.45) is 21.3 Å². The molecule has 1 aromatic heterocycles. The molecule has 6 aliphatic heterocycles. The van der Waals surface area contributed by atoms with E-state index in [1.807, 2.05) is 25.3 Å². The van der Waals surface area contributed by atoms with Crippen LogP contribution in [0.1, 0.15) is 56.8 Å². The van der Waals surface area contributed by atoms with Crippen molar-refractivity contribution in [2.45, 2.75) is 100 Å². The summed E-state index contributed by atoms with van der Waals surface area (Å²) >= 11 is 0. The predicted molar refractivity (Wildman–Crippen MR) is 213 cm³/mol. The minimum absolute atomic E-state index is 0.0782. The number of quaternary nitrogens is 2. The van der Waals surface area contributed by atoms with Gasteiger partial charge in [-0.25, -0.2) is 9.78 Å². The molecular formula is C43H53N5O11+2. The lowest BCUT2D eigenvalue weighted by atomic mass is 9.72. The van der Waals surface area contributed by atoms with E-state index in [0.29, 0.717) is 64.6 Å². The molecule has 10 unspecified atom stereocenters. The van der Waals surface area contributed by atoms with Crippen LogP contribution in [0, 0.1) is 18.3 Å². The molecule has 2 fully saturated rings. The zero-order chi connectivity index (χ0) is 41.3. The molecule has 314 valence electrons. The summed E-state index contributed by atoms with van der Waals surface area (Å²) in [7, 11) is 0. The second-order valence-corrected chi connectivity index (χ2v) is 17.5. The second-order valence-electron chi connectivity index (χ2n) is 17.5. The van der Waals surface area contributed by atoms with Gasteiger partial charge in [0.1, 0.15) is 73.1 Å². The van der Waals surface area contributed by atoms with Crippen LogP contribution in [-0.4, -0.2) is 117 Å². The fourth-order valence-electron chi connectivity index (χ4n) is 10.4. The summed E-state index contributed by atoms with van der Waals surface area (Å²) in [6.07, 6.45) is 11.5. The average Bonchev–Trinajstić information content (AvgIpc) is 4.07.